The highest BCUT2D eigenvalue weighted by Crippen LogP contribution is 2.28. The number of esters is 1. The lowest BCUT2D eigenvalue weighted by molar-refractivity contribution is 0.0520. The number of nitrogens with zero attached hydrogens (tertiary/aromatic N) is 2. The Hall–Kier alpha value is -2.62. The summed E-state index contributed by atoms with van der Waals surface area (Å²) in [6, 6.07) is 13.3. The number of carbonyl (C=O) groups excluding carboxylic acids is 1. The van der Waals surface area contributed by atoms with Crippen molar-refractivity contribution in [1.82, 2.24) is 15.4 Å². The number of hydrogen-bond acceptors (Lipinski definition) is 6. The van der Waals surface area contributed by atoms with Gasteiger partial charge >= 0.3 is 5.97 Å². The summed E-state index contributed by atoms with van der Waals surface area (Å²) in [5.41, 5.74) is 2.11. The molecule has 0 aliphatic carbocycles. The van der Waals surface area contributed by atoms with Gasteiger partial charge in [-0.2, -0.15) is 10.3 Å². The van der Waals surface area contributed by atoms with Crippen molar-refractivity contribution in [1.29, 1.82) is 0 Å². The molecule has 140 valence electrons. The molecule has 0 atom stereocenters. The van der Waals surface area contributed by atoms with Gasteiger partial charge in [0.15, 0.2) is 5.69 Å². The largest absolute Gasteiger partial charge is 0.496 e. The van der Waals surface area contributed by atoms with Gasteiger partial charge in [-0.25, -0.2) is 4.79 Å². The number of aromatic nitrogens is 3. The summed E-state index contributed by atoms with van der Waals surface area (Å²) in [5.74, 6) is 0.927. The third-order valence-corrected chi connectivity index (χ3v) is 4.50. The van der Waals surface area contributed by atoms with E-state index in [1.54, 1.807) is 14.0 Å². The standard InChI is InChI=1S/C19H18IN3O4/c1-3-26-19(24)18-17(21-23-22-18)12-4-9-16(25-2)13(10-12)11-27-15-7-5-14(20)6-8-15/h4-10H,3,11H2,1-2H3,(H,21,22,23). The molecule has 0 aliphatic heterocycles. The zero-order valence-corrected chi connectivity index (χ0v) is 17.0. The first-order valence-corrected chi connectivity index (χ1v) is 9.33. The van der Waals surface area contributed by atoms with Crippen LogP contribution in [0.25, 0.3) is 11.3 Å². The fourth-order valence-electron chi connectivity index (χ4n) is 2.50. The predicted octanol–water partition coefficient (Wildman–Crippen LogP) is 3.84. The molecule has 0 fully saturated rings. The third-order valence-electron chi connectivity index (χ3n) is 3.78. The molecule has 3 aromatic rings. The van der Waals surface area contributed by atoms with Gasteiger partial charge in [-0.1, -0.05) is 0 Å². The second-order valence-corrected chi connectivity index (χ2v) is 6.76. The van der Waals surface area contributed by atoms with Gasteiger partial charge in [0.05, 0.1) is 13.7 Å². The lowest BCUT2D eigenvalue weighted by Gasteiger charge is -2.12. The first-order valence-electron chi connectivity index (χ1n) is 8.26. The third kappa shape index (κ3) is 4.57. The number of methoxy groups -OCH3 is 1. The summed E-state index contributed by atoms with van der Waals surface area (Å²) < 4.78 is 17.4. The van der Waals surface area contributed by atoms with E-state index in [1.807, 2.05) is 42.5 Å². The Bertz CT molecular complexity index is 925. The summed E-state index contributed by atoms with van der Waals surface area (Å²) in [4.78, 5) is 12.1. The van der Waals surface area contributed by atoms with Crippen molar-refractivity contribution in [3.63, 3.8) is 0 Å². The van der Waals surface area contributed by atoms with Crippen LogP contribution in [0, 0.1) is 3.57 Å². The maximum absolute atomic E-state index is 12.1. The second kappa shape index (κ2) is 8.85. The summed E-state index contributed by atoms with van der Waals surface area (Å²) in [5, 5.41) is 10.5. The van der Waals surface area contributed by atoms with Crippen LogP contribution < -0.4 is 9.47 Å². The maximum Gasteiger partial charge on any atom is 0.361 e. The monoisotopic (exact) mass is 479 g/mol. The van der Waals surface area contributed by atoms with E-state index in [1.165, 1.54) is 0 Å². The Balaban J connectivity index is 1.86. The lowest BCUT2D eigenvalue weighted by atomic mass is 10.1. The quantitative estimate of drug-likeness (QED) is 0.410. The van der Waals surface area contributed by atoms with E-state index in [-0.39, 0.29) is 12.3 Å². The van der Waals surface area contributed by atoms with E-state index in [0.717, 1.165) is 14.9 Å². The topological polar surface area (TPSA) is 86.3 Å². The molecule has 0 unspecified atom stereocenters. The van der Waals surface area contributed by atoms with Gasteiger partial charge in [0.1, 0.15) is 23.8 Å². The molecule has 27 heavy (non-hydrogen) atoms. The summed E-state index contributed by atoms with van der Waals surface area (Å²) in [6.45, 7) is 2.32. The van der Waals surface area contributed by atoms with Crippen LogP contribution in [0.1, 0.15) is 23.0 Å². The molecule has 1 aromatic heterocycles. The Kier molecular flexibility index (Phi) is 6.28. The minimum Gasteiger partial charge on any atom is -0.496 e. The van der Waals surface area contributed by atoms with Gasteiger partial charge in [-0.05, 0) is 72.0 Å². The molecular weight excluding hydrogens is 461 g/mol. The molecule has 0 saturated carbocycles. The van der Waals surface area contributed by atoms with Crippen LogP contribution in [-0.2, 0) is 11.3 Å². The van der Waals surface area contributed by atoms with Crippen molar-refractivity contribution < 1.29 is 19.0 Å². The molecule has 0 saturated heterocycles. The zero-order valence-electron chi connectivity index (χ0n) is 14.9. The summed E-state index contributed by atoms with van der Waals surface area (Å²) >= 11 is 2.24. The van der Waals surface area contributed by atoms with Crippen molar-refractivity contribution in [3.8, 4) is 22.8 Å². The van der Waals surface area contributed by atoms with E-state index in [4.69, 9.17) is 14.2 Å². The molecule has 8 heteroatoms. The van der Waals surface area contributed by atoms with Crippen molar-refractivity contribution >= 4 is 28.6 Å². The Morgan fingerprint density at radius 3 is 2.63 bits per heavy atom. The van der Waals surface area contributed by atoms with E-state index in [0.29, 0.717) is 23.6 Å². The summed E-state index contributed by atoms with van der Waals surface area (Å²) in [7, 11) is 1.60. The van der Waals surface area contributed by atoms with Crippen molar-refractivity contribution in [3.05, 3.63) is 57.3 Å². The predicted molar refractivity (Wildman–Crippen MR) is 108 cm³/mol. The number of hydrogen-bond donors (Lipinski definition) is 1. The Morgan fingerprint density at radius 2 is 1.93 bits per heavy atom. The van der Waals surface area contributed by atoms with Crippen LogP contribution in [-0.4, -0.2) is 35.1 Å². The van der Waals surface area contributed by atoms with Crippen LogP contribution in [0.4, 0.5) is 0 Å². The van der Waals surface area contributed by atoms with Gasteiger partial charge in [0.2, 0.25) is 0 Å². The molecule has 0 radical (unpaired) electrons. The Labute approximate surface area is 170 Å². The highest BCUT2D eigenvalue weighted by molar-refractivity contribution is 14.1. The molecule has 0 bridgehead atoms. The maximum atomic E-state index is 12.1. The van der Waals surface area contributed by atoms with E-state index in [2.05, 4.69) is 38.0 Å². The number of halogens is 1. The Morgan fingerprint density at radius 1 is 1.15 bits per heavy atom. The summed E-state index contributed by atoms with van der Waals surface area (Å²) in [6.07, 6.45) is 0. The first-order chi connectivity index (χ1) is 13.1. The molecular formula is C19H18IN3O4. The zero-order chi connectivity index (χ0) is 19.2. The van der Waals surface area contributed by atoms with Crippen molar-refractivity contribution in [2.45, 2.75) is 13.5 Å². The van der Waals surface area contributed by atoms with E-state index in [9.17, 15) is 4.79 Å². The highest BCUT2D eigenvalue weighted by atomic mass is 127. The van der Waals surface area contributed by atoms with Crippen LogP contribution in [0.2, 0.25) is 0 Å². The number of nitrogens with one attached hydrogen (secondary N) is 1. The SMILES string of the molecule is CCOC(=O)c1n[nH]nc1-c1ccc(OC)c(COc2ccc(I)cc2)c1. The first kappa shape index (κ1) is 19.2. The van der Waals surface area contributed by atoms with Gasteiger partial charge in [-0.3, -0.25) is 0 Å². The molecule has 1 heterocycles. The van der Waals surface area contributed by atoms with E-state index < -0.39 is 5.97 Å². The van der Waals surface area contributed by atoms with Gasteiger partial charge in [0, 0.05) is 14.7 Å². The second-order valence-electron chi connectivity index (χ2n) is 5.51. The highest BCUT2D eigenvalue weighted by Gasteiger charge is 2.20. The van der Waals surface area contributed by atoms with Gasteiger partial charge in [0.25, 0.3) is 0 Å². The lowest BCUT2D eigenvalue weighted by Crippen LogP contribution is -2.07. The number of benzene rings is 2. The average molecular weight is 479 g/mol. The van der Waals surface area contributed by atoms with Crippen LogP contribution in [0.5, 0.6) is 11.5 Å². The molecule has 2 aromatic carbocycles. The molecule has 1 N–H and O–H groups in total. The minimum absolute atomic E-state index is 0.145. The van der Waals surface area contributed by atoms with Crippen LogP contribution >= 0.6 is 22.6 Å². The number of rotatable bonds is 7. The van der Waals surface area contributed by atoms with Gasteiger partial charge < -0.3 is 14.2 Å². The smallest absolute Gasteiger partial charge is 0.361 e. The fraction of sp³-hybridized carbons (Fsp3) is 0.211. The fourth-order valence-corrected chi connectivity index (χ4v) is 2.86. The van der Waals surface area contributed by atoms with Gasteiger partial charge in [-0.15, -0.1) is 5.10 Å². The number of carbonyl (C=O) groups is 1. The van der Waals surface area contributed by atoms with Crippen LogP contribution in [0.3, 0.4) is 0 Å². The van der Waals surface area contributed by atoms with Crippen molar-refractivity contribution in [2.24, 2.45) is 0 Å². The molecule has 0 amide bonds. The number of H-pyrrole nitrogens is 1. The normalized spacial score (nSPS) is 10.5. The average Bonchev–Trinajstić information content (AvgIpc) is 3.17. The number of aromatic amines is 1. The molecule has 7 nitrogen and oxygen atoms in total. The molecule has 0 aliphatic rings. The van der Waals surface area contributed by atoms with Crippen molar-refractivity contribution in [2.75, 3.05) is 13.7 Å². The molecule has 3 rings (SSSR count). The number of ether oxygens (including phenoxy) is 3. The molecule has 0 spiro atoms. The van der Waals surface area contributed by atoms with E-state index >= 15 is 0 Å². The minimum atomic E-state index is -0.520. The van der Waals surface area contributed by atoms with Crippen LogP contribution in [0.15, 0.2) is 42.5 Å².